The molecule has 0 radical (unpaired) electrons. The molecule has 0 atom stereocenters. The van der Waals surface area contributed by atoms with Crippen LogP contribution in [-0.4, -0.2) is 26.9 Å². The first kappa shape index (κ1) is 8.96. The number of rotatable bonds is 2. The molecular weight excluding hydrogens is 204 g/mol. The molecule has 1 aromatic carbocycles. The van der Waals surface area contributed by atoms with E-state index in [-0.39, 0.29) is 0 Å². The Morgan fingerprint density at radius 2 is 2.06 bits per heavy atom. The molecule has 0 spiro atoms. The second-order valence-corrected chi connectivity index (χ2v) is 3.46. The van der Waals surface area contributed by atoms with Crippen molar-refractivity contribution < 1.29 is 4.74 Å². The van der Waals surface area contributed by atoms with Crippen LogP contribution in [0.3, 0.4) is 0 Å². The maximum absolute atomic E-state index is 5.11. The predicted molar refractivity (Wildman–Crippen MR) is 59.3 cm³/mol. The van der Waals surface area contributed by atoms with Gasteiger partial charge in [-0.15, -0.1) is 10.2 Å². The van der Waals surface area contributed by atoms with Gasteiger partial charge in [0.2, 0.25) is 0 Å². The van der Waals surface area contributed by atoms with Gasteiger partial charge in [0, 0.05) is 6.07 Å². The molecular formula is C11H10N4O. The Labute approximate surface area is 91.7 Å². The molecule has 0 fully saturated rings. The maximum atomic E-state index is 5.11. The molecule has 16 heavy (non-hydrogen) atoms. The molecule has 0 aliphatic heterocycles. The van der Waals surface area contributed by atoms with Gasteiger partial charge in [0.1, 0.15) is 12.1 Å². The normalized spacial score (nSPS) is 10.8. The Morgan fingerprint density at radius 3 is 2.75 bits per heavy atom. The van der Waals surface area contributed by atoms with Crippen LogP contribution in [0.15, 0.2) is 36.7 Å². The van der Waals surface area contributed by atoms with Crippen LogP contribution < -0.4 is 4.74 Å². The Kier molecular flexibility index (Phi) is 1.89. The largest absolute Gasteiger partial charge is 0.497 e. The third kappa shape index (κ3) is 1.33. The first-order valence-electron chi connectivity index (χ1n) is 4.90. The van der Waals surface area contributed by atoms with Gasteiger partial charge in [-0.3, -0.25) is 5.10 Å². The maximum Gasteiger partial charge on any atom is 0.177 e. The number of ether oxygens (including phenoxy) is 1. The zero-order valence-corrected chi connectivity index (χ0v) is 8.71. The summed E-state index contributed by atoms with van der Waals surface area (Å²) in [4.78, 5) is 0. The van der Waals surface area contributed by atoms with E-state index in [9.17, 15) is 0 Å². The molecule has 0 bridgehead atoms. The van der Waals surface area contributed by atoms with Gasteiger partial charge >= 0.3 is 0 Å². The molecule has 5 nitrogen and oxygen atoms in total. The number of nitrogens with one attached hydrogen (secondary N) is 1. The number of benzene rings is 1. The summed E-state index contributed by atoms with van der Waals surface area (Å²) in [6.07, 6.45) is 1.64. The summed E-state index contributed by atoms with van der Waals surface area (Å²) in [7, 11) is 1.66. The minimum absolute atomic E-state index is 0.811. The lowest BCUT2D eigenvalue weighted by atomic mass is 10.1. The van der Waals surface area contributed by atoms with Gasteiger partial charge in [-0.05, 0) is 29.8 Å². The second-order valence-electron chi connectivity index (χ2n) is 3.46. The monoisotopic (exact) mass is 214 g/mol. The van der Waals surface area contributed by atoms with E-state index < -0.39 is 0 Å². The van der Waals surface area contributed by atoms with E-state index in [4.69, 9.17) is 4.74 Å². The van der Waals surface area contributed by atoms with Crippen LogP contribution in [0, 0.1) is 0 Å². The third-order valence-corrected chi connectivity index (χ3v) is 2.49. The second kappa shape index (κ2) is 3.37. The molecule has 5 heteroatoms. The van der Waals surface area contributed by atoms with Crippen LogP contribution in [0.4, 0.5) is 0 Å². The average Bonchev–Trinajstić information content (AvgIpc) is 2.89. The van der Waals surface area contributed by atoms with Crippen molar-refractivity contribution in [2.75, 3.05) is 7.11 Å². The number of nitrogens with zero attached hydrogens (tertiary/aromatic N) is 3. The number of hydrogen-bond donors (Lipinski definition) is 1. The third-order valence-electron chi connectivity index (χ3n) is 2.49. The van der Waals surface area contributed by atoms with Gasteiger partial charge in [0.25, 0.3) is 0 Å². The average molecular weight is 214 g/mol. The predicted octanol–water partition coefficient (Wildman–Crippen LogP) is 1.73. The van der Waals surface area contributed by atoms with Crippen molar-refractivity contribution in [2.45, 2.75) is 0 Å². The van der Waals surface area contributed by atoms with E-state index in [2.05, 4.69) is 15.3 Å². The van der Waals surface area contributed by atoms with Crippen molar-refractivity contribution in [3.05, 3.63) is 36.7 Å². The van der Waals surface area contributed by atoms with E-state index in [0.717, 1.165) is 22.7 Å². The summed E-state index contributed by atoms with van der Waals surface area (Å²) in [5.41, 5.74) is 2.91. The van der Waals surface area contributed by atoms with E-state index in [1.807, 2.05) is 30.3 Å². The van der Waals surface area contributed by atoms with Crippen molar-refractivity contribution in [3.8, 4) is 17.0 Å². The summed E-state index contributed by atoms with van der Waals surface area (Å²) in [5, 5.41) is 10.9. The topological polar surface area (TPSA) is 55.2 Å². The molecule has 0 unspecified atom stereocenters. The van der Waals surface area contributed by atoms with E-state index in [1.165, 1.54) is 0 Å². The number of aromatic amines is 1. The van der Waals surface area contributed by atoms with Crippen LogP contribution in [0.2, 0.25) is 0 Å². The lowest BCUT2D eigenvalue weighted by Crippen LogP contribution is -1.84. The van der Waals surface area contributed by atoms with Crippen molar-refractivity contribution in [3.63, 3.8) is 0 Å². The van der Waals surface area contributed by atoms with Gasteiger partial charge in [-0.25, -0.2) is 4.52 Å². The molecule has 2 heterocycles. The lowest BCUT2D eigenvalue weighted by molar-refractivity contribution is 0.415. The number of aromatic nitrogens is 4. The van der Waals surface area contributed by atoms with Gasteiger partial charge in [0.05, 0.1) is 12.8 Å². The Balaban J connectivity index is 2.05. The summed E-state index contributed by atoms with van der Waals surface area (Å²) in [6.45, 7) is 0. The lowest BCUT2D eigenvalue weighted by Gasteiger charge is -2.00. The van der Waals surface area contributed by atoms with E-state index in [1.54, 1.807) is 18.0 Å². The highest BCUT2D eigenvalue weighted by Crippen LogP contribution is 2.21. The number of methoxy groups -OCH3 is 1. The minimum Gasteiger partial charge on any atom is -0.497 e. The minimum atomic E-state index is 0.811. The number of hydrogen-bond acceptors (Lipinski definition) is 3. The molecule has 3 rings (SSSR count). The highest BCUT2D eigenvalue weighted by molar-refractivity contribution is 5.64. The van der Waals surface area contributed by atoms with Gasteiger partial charge in [0.15, 0.2) is 5.65 Å². The highest BCUT2D eigenvalue weighted by atomic mass is 16.5. The molecule has 2 aromatic heterocycles. The molecule has 80 valence electrons. The smallest absolute Gasteiger partial charge is 0.177 e. The Morgan fingerprint density at radius 1 is 1.25 bits per heavy atom. The molecule has 3 aromatic rings. The standard InChI is InChI=1S/C11H10N4O/c1-16-9-4-2-8(3-5-9)10-6-11-13-12-7-15(11)14-10/h2-7,14H,1H3. The Bertz CT molecular complexity index is 580. The zero-order chi connectivity index (χ0) is 11.0. The Hall–Kier alpha value is -2.30. The van der Waals surface area contributed by atoms with Gasteiger partial charge in [-0.2, -0.15) is 0 Å². The summed E-state index contributed by atoms with van der Waals surface area (Å²) in [6, 6.07) is 9.80. The molecule has 0 saturated heterocycles. The fourth-order valence-corrected chi connectivity index (χ4v) is 1.64. The number of H-pyrrole nitrogens is 1. The van der Waals surface area contributed by atoms with Gasteiger partial charge < -0.3 is 4.74 Å². The summed E-state index contributed by atoms with van der Waals surface area (Å²) >= 11 is 0. The molecule has 1 N–H and O–H groups in total. The van der Waals surface area contributed by atoms with Crippen LogP contribution in [0.25, 0.3) is 16.9 Å². The van der Waals surface area contributed by atoms with Crippen molar-refractivity contribution in [2.24, 2.45) is 0 Å². The SMILES string of the molecule is COc1ccc(-c2cc3nncn3[nH]2)cc1. The zero-order valence-electron chi connectivity index (χ0n) is 8.71. The van der Waals surface area contributed by atoms with Crippen molar-refractivity contribution in [1.82, 2.24) is 19.8 Å². The van der Waals surface area contributed by atoms with Crippen LogP contribution in [-0.2, 0) is 0 Å². The van der Waals surface area contributed by atoms with E-state index in [0.29, 0.717) is 0 Å². The van der Waals surface area contributed by atoms with Crippen molar-refractivity contribution >= 4 is 5.65 Å². The summed E-state index contributed by atoms with van der Waals surface area (Å²) < 4.78 is 6.89. The molecule has 0 amide bonds. The molecule has 0 aliphatic carbocycles. The van der Waals surface area contributed by atoms with Crippen LogP contribution in [0.5, 0.6) is 5.75 Å². The molecule has 0 saturated carbocycles. The highest BCUT2D eigenvalue weighted by Gasteiger charge is 2.04. The van der Waals surface area contributed by atoms with E-state index >= 15 is 0 Å². The summed E-state index contributed by atoms with van der Waals surface area (Å²) in [5.74, 6) is 0.849. The first-order valence-corrected chi connectivity index (χ1v) is 4.90. The quantitative estimate of drug-likeness (QED) is 0.706. The van der Waals surface area contributed by atoms with Gasteiger partial charge in [-0.1, -0.05) is 0 Å². The fourth-order valence-electron chi connectivity index (χ4n) is 1.64. The van der Waals surface area contributed by atoms with Crippen LogP contribution in [0.1, 0.15) is 0 Å². The van der Waals surface area contributed by atoms with Crippen molar-refractivity contribution in [1.29, 1.82) is 0 Å². The van der Waals surface area contributed by atoms with Crippen LogP contribution >= 0.6 is 0 Å². The first-order chi connectivity index (χ1) is 7.86. The molecule has 0 aliphatic rings. The number of fused-ring (bicyclic) bond motifs is 1. The fraction of sp³-hybridized carbons (Fsp3) is 0.0909.